The van der Waals surface area contributed by atoms with Crippen LogP contribution in [-0.4, -0.2) is 44.8 Å². The first-order valence-electron chi connectivity index (χ1n) is 8.36. The van der Waals surface area contributed by atoms with Gasteiger partial charge in [-0.1, -0.05) is 36.4 Å². The summed E-state index contributed by atoms with van der Waals surface area (Å²) in [4.78, 5) is 15.9. The standard InChI is InChI=1S/C18H22N4OS/c23-18(20-19-13-17-7-4-12-24-17)15-22-10-8-21(9-11-22)14-16-5-2-1-3-6-16/h1-7,12-13H,8-11,14-15H2,(H,20,23)/p+2. The molecule has 6 heteroatoms. The maximum atomic E-state index is 12.0. The third-order valence-corrected chi connectivity index (χ3v) is 5.10. The summed E-state index contributed by atoms with van der Waals surface area (Å²) in [6, 6.07) is 14.6. The van der Waals surface area contributed by atoms with Crippen LogP contribution in [0.5, 0.6) is 0 Å². The lowest BCUT2D eigenvalue weighted by Gasteiger charge is -2.29. The van der Waals surface area contributed by atoms with E-state index in [9.17, 15) is 4.79 Å². The van der Waals surface area contributed by atoms with Crippen molar-refractivity contribution in [3.8, 4) is 0 Å². The minimum absolute atomic E-state index is 0.00989. The molecule has 0 bridgehead atoms. The van der Waals surface area contributed by atoms with Crippen LogP contribution in [0, 0.1) is 0 Å². The summed E-state index contributed by atoms with van der Waals surface area (Å²) in [6.07, 6.45) is 1.69. The molecule has 126 valence electrons. The summed E-state index contributed by atoms with van der Waals surface area (Å²) in [6.45, 7) is 5.85. The van der Waals surface area contributed by atoms with Gasteiger partial charge in [0.2, 0.25) is 0 Å². The molecule has 1 fully saturated rings. The van der Waals surface area contributed by atoms with Crippen LogP contribution in [0.15, 0.2) is 52.9 Å². The zero-order valence-electron chi connectivity index (χ0n) is 13.7. The number of quaternary nitrogens is 2. The van der Waals surface area contributed by atoms with Gasteiger partial charge in [-0.3, -0.25) is 4.79 Å². The molecule has 3 rings (SSSR count). The van der Waals surface area contributed by atoms with E-state index in [1.807, 2.05) is 17.5 Å². The number of nitrogens with zero attached hydrogens (tertiary/aromatic N) is 1. The van der Waals surface area contributed by atoms with Crippen molar-refractivity contribution in [1.29, 1.82) is 0 Å². The van der Waals surface area contributed by atoms with Gasteiger partial charge in [0.15, 0.2) is 6.54 Å². The van der Waals surface area contributed by atoms with Gasteiger partial charge in [0, 0.05) is 10.4 Å². The van der Waals surface area contributed by atoms with Crippen molar-refractivity contribution in [3.63, 3.8) is 0 Å². The number of nitrogens with one attached hydrogen (secondary N) is 3. The predicted molar refractivity (Wildman–Crippen MR) is 96.5 cm³/mol. The van der Waals surface area contributed by atoms with E-state index in [1.165, 1.54) is 10.5 Å². The smallest absolute Gasteiger partial charge is 0.295 e. The molecule has 5 nitrogen and oxygen atoms in total. The fourth-order valence-electron chi connectivity index (χ4n) is 2.99. The normalized spacial score (nSPS) is 21.0. The van der Waals surface area contributed by atoms with Crippen LogP contribution < -0.4 is 15.2 Å². The van der Waals surface area contributed by atoms with Crippen molar-refractivity contribution in [1.82, 2.24) is 5.43 Å². The minimum Gasteiger partial charge on any atom is -0.322 e. The molecule has 1 aliphatic rings. The van der Waals surface area contributed by atoms with Gasteiger partial charge in [0.05, 0.1) is 6.21 Å². The van der Waals surface area contributed by atoms with Gasteiger partial charge in [0.1, 0.15) is 32.7 Å². The molecule has 3 N–H and O–H groups in total. The highest BCUT2D eigenvalue weighted by atomic mass is 32.1. The summed E-state index contributed by atoms with van der Waals surface area (Å²) >= 11 is 1.60. The number of hydrogen-bond donors (Lipinski definition) is 3. The number of rotatable bonds is 6. The lowest BCUT2D eigenvalue weighted by atomic mass is 10.2. The van der Waals surface area contributed by atoms with Crippen molar-refractivity contribution >= 4 is 23.5 Å². The number of amides is 1. The molecule has 1 aliphatic heterocycles. The van der Waals surface area contributed by atoms with E-state index in [0.717, 1.165) is 37.6 Å². The monoisotopic (exact) mass is 344 g/mol. The van der Waals surface area contributed by atoms with Crippen molar-refractivity contribution in [2.45, 2.75) is 6.54 Å². The molecule has 2 aromatic rings. The van der Waals surface area contributed by atoms with Crippen molar-refractivity contribution in [2.75, 3.05) is 32.7 Å². The molecule has 1 aromatic carbocycles. The second kappa shape index (κ2) is 8.73. The molecule has 1 amide bonds. The van der Waals surface area contributed by atoms with E-state index in [2.05, 4.69) is 40.9 Å². The molecule has 24 heavy (non-hydrogen) atoms. The number of carbonyl (C=O) groups is 1. The summed E-state index contributed by atoms with van der Waals surface area (Å²) in [5.41, 5.74) is 4.01. The molecule has 0 unspecified atom stereocenters. The van der Waals surface area contributed by atoms with E-state index in [-0.39, 0.29) is 5.91 Å². The van der Waals surface area contributed by atoms with Crippen LogP contribution in [0.4, 0.5) is 0 Å². The Bertz CT molecular complexity index is 649. The SMILES string of the molecule is O=C(C[NH+]1CC[NH+](Cc2ccccc2)CC1)NN=Cc1cccs1. The van der Waals surface area contributed by atoms with Gasteiger partial charge in [0.25, 0.3) is 5.91 Å². The maximum Gasteiger partial charge on any atom is 0.295 e. The molecule has 2 heterocycles. The molecule has 1 saturated heterocycles. The molecule has 0 aliphatic carbocycles. The Labute approximate surface area is 146 Å². The Kier molecular flexibility index (Phi) is 6.12. The van der Waals surface area contributed by atoms with Gasteiger partial charge in [-0.15, -0.1) is 11.3 Å². The fraction of sp³-hybridized carbons (Fsp3) is 0.333. The lowest BCUT2D eigenvalue weighted by molar-refractivity contribution is -1.02. The van der Waals surface area contributed by atoms with Crippen LogP contribution in [0.25, 0.3) is 0 Å². The van der Waals surface area contributed by atoms with Gasteiger partial charge in [-0.25, -0.2) is 5.43 Å². The van der Waals surface area contributed by atoms with Crippen LogP contribution in [-0.2, 0) is 11.3 Å². The zero-order chi connectivity index (χ0) is 16.6. The van der Waals surface area contributed by atoms with E-state index in [1.54, 1.807) is 22.5 Å². The summed E-state index contributed by atoms with van der Waals surface area (Å²) in [5, 5.41) is 6.01. The zero-order valence-corrected chi connectivity index (χ0v) is 14.5. The summed E-state index contributed by atoms with van der Waals surface area (Å²) in [7, 11) is 0. The quantitative estimate of drug-likeness (QED) is 0.466. The summed E-state index contributed by atoms with van der Waals surface area (Å²) in [5.74, 6) is -0.00989. The topological polar surface area (TPSA) is 50.3 Å². The van der Waals surface area contributed by atoms with E-state index in [4.69, 9.17) is 0 Å². The third kappa shape index (κ3) is 5.26. The van der Waals surface area contributed by atoms with Crippen LogP contribution >= 0.6 is 11.3 Å². The van der Waals surface area contributed by atoms with Crippen LogP contribution in [0.1, 0.15) is 10.4 Å². The number of carbonyl (C=O) groups excluding carboxylic acids is 1. The highest BCUT2D eigenvalue weighted by molar-refractivity contribution is 7.11. The van der Waals surface area contributed by atoms with E-state index >= 15 is 0 Å². The average molecular weight is 344 g/mol. The van der Waals surface area contributed by atoms with Crippen LogP contribution in [0.3, 0.4) is 0 Å². The second-order valence-corrected chi connectivity index (χ2v) is 7.13. The largest absolute Gasteiger partial charge is 0.322 e. The molecule has 0 radical (unpaired) electrons. The average Bonchev–Trinajstić information content (AvgIpc) is 3.11. The number of thiophene rings is 1. The maximum absolute atomic E-state index is 12.0. The molecular weight excluding hydrogens is 320 g/mol. The second-order valence-electron chi connectivity index (χ2n) is 6.15. The van der Waals surface area contributed by atoms with Gasteiger partial charge < -0.3 is 9.80 Å². The number of piperazine rings is 1. The van der Waals surface area contributed by atoms with Crippen molar-refractivity contribution < 1.29 is 14.6 Å². The molecular formula is C18H24N4OS+2. The molecule has 0 saturated carbocycles. The van der Waals surface area contributed by atoms with Crippen molar-refractivity contribution in [2.24, 2.45) is 5.10 Å². The fourth-order valence-corrected chi connectivity index (χ4v) is 3.58. The van der Waals surface area contributed by atoms with E-state index in [0.29, 0.717) is 6.54 Å². The minimum atomic E-state index is -0.00989. The number of benzene rings is 1. The Morgan fingerprint density at radius 3 is 2.54 bits per heavy atom. The Morgan fingerprint density at radius 2 is 1.83 bits per heavy atom. The first-order chi connectivity index (χ1) is 11.8. The highest BCUT2D eigenvalue weighted by Gasteiger charge is 2.24. The van der Waals surface area contributed by atoms with Gasteiger partial charge >= 0.3 is 0 Å². The first-order valence-corrected chi connectivity index (χ1v) is 9.24. The highest BCUT2D eigenvalue weighted by Crippen LogP contribution is 2.03. The number of hydrogen-bond acceptors (Lipinski definition) is 3. The van der Waals surface area contributed by atoms with E-state index < -0.39 is 0 Å². The van der Waals surface area contributed by atoms with Crippen LogP contribution in [0.2, 0.25) is 0 Å². The molecule has 0 atom stereocenters. The third-order valence-electron chi connectivity index (χ3n) is 4.30. The first kappa shape index (κ1) is 16.8. The molecule has 1 aromatic heterocycles. The molecule has 0 spiro atoms. The number of hydrazone groups is 1. The lowest BCUT2D eigenvalue weighted by Crippen LogP contribution is -3.28. The predicted octanol–water partition coefficient (Wildman–Crippen LogP) is -0.818. The summed E-state index contributed by atoms with van der Waals surface area (Å²) < 4.78 is 0. The Balaban J connectivity index is 1.36. The van der Waals surface area contributed by atoms with Crippen molar-refractivity contribution in [3.05, 3.63) is 58.3 Å². The Morgan fingerprint density at radius 1 is 1.08 bits per heavy atom. The van der Waals surface area contributed by atoms with Gasteiger partial charge in [-0.2, -0.15) is 5.10 Å². The Hall–Kier alpha value is -2.02. The van der Waals surface area contributed by atoms with Gasteiger partial charge in [-0.05, 0) is 11.4 Å².